The molecule has 2 unspecified atom stereocenters. The molecule has 3 nitrogen and oxygen atoms in total. The first-order valence-electron chi connectivity index (χ1n) is 9.53. The molecule has 2 heterocycles. The van der Waals surface area contributed by atoms with Crippen LogP contribution >= 0.6 is 11.6 Å². The molecule has 0 radical (unpaired) electrons. The van der Waals surface area contributed by atoms with Crippen LogP contribution in [-0.2, 0) is 0 Å². The molecule has 0 aliphatic carbocycles. The van der Waals surface area contributed by atoms with Crippen LogP contribution in [0.3, 0.4) is 0 Å². The Morgan fingerprint density at radius 1 is 1.03 bits per heavy atom. The first-order valence-corrected chi connectivity index (χ1v) is 9.91. The molecule has 2 aliphatic heterocycles. The number of para-hydroxylation sites is 1. The van der Waals surface area contributed by atoms with Crippen LogP contribution in [-0.4, -0.2) is 19.2 Å². The highest BCUT2D eigenvalue weighted by atomic mass is 35.5. The summed E-state index contributed by atoms with van der Waals surface area (Å²) in [5.41, 5.74) is 1.18. The molecule has 1 saturated heterocycles. The zero-order chi connectivity index (χ0) is 20.0. The average Bonchev–Trinajstić information content (AvgIpc) is 3.07. The molecule has 2 atom stereocenters. The quantitative estimate of drug-likeness (QED) is 0.578. The van der Waals surface area contributed by atoms with Gasteiger partial charge >= 0.3 is 0 Å². The molecule has 6 heteroatoms. The lowest BCUT2D eigenvalue weighted by Crippen LogP contribution is -2.37. The number of rotatable bonds is 3. The maximum Gasteiger partial charge on any atom is 0.170 e. The second-order valence-corrected chi connectivity index (χ2v) is 7.74. The van der Waals surface area contributed by atoms with Crippen molar-refractivity contribution >= 4 is 11.6 Å². The highest BCUT2D eigenvalue weighted by molar-refractivity contribution is 6.30. The maximum absolute atomic E-state index is 14.6. The SMILES string of the molecule is Fc1cc(Cl)cc(F)c1-c1cc(Oc2ccccc2)c2c(c1)C1CNCCC1O2. The van der Waals surface area contributed by atoms with E-state index in [2.05, 4.69) is 5.32 Å². The fourth-order valence-electron chi connectivity index (χ4n) is 4.12. The summed E-state index contributed by atoms with van der Waals surface area (Å²) in [5, 5.41) is 3.39. The summed E-state index contributed by atoms with van der Waals surface area (Å²) >= 11 is 5.80. The zero-order valence-electron chi connectivity index (χ0n) is 15.4. The topological polar surface area (TPSA) is 30.5 Å². The molecule has 1 fully saturated rings. The van der Waals surface area contributed by atoms with E-state index in [1.807, 2.05) is 30.3 Å². The van der Waals surface area contributed by atoms with Gasteiger partial charge in [0.2, 0.25) is 0 Å². The summed E-state index contributed by atoms with van der Waals surface area (Å²) < 4.78 is 41.6. The van der Waals surface area contributed by atoms with Crippen LogP contribution in [0.15, 0.2) is 54.6 Å². The minimum Gasteiger partial charge on any atom is -0.485 e. The second kappa shape index (κ2) is 7.32. The predicted octanol–water partition coefficient (Wildman–Crippen LogP) is 5.92. The first-order chi connectivity index (χ1) is 14.1. The molecule has 0 aromatic heterocycles. The third-order valence-corrected chi connectivity index (χ3v) is 5.66. The Morgan fingerprint density at radius 2 is 1.79 bits per heavy atom. The Labute approximate surface area is 172 Å². The van der Waals surface area contributed by atoms with E-state index in [-0.39, 0.29) is 22.6 Å². The number of hydrogen-bond acceptors (Lipinski definition) is 3. The van der Waals surface area contributed by atoms with E-state index in [1.54, 1.807) is 12.1 Å². The highest BCUT2D eigenvalue weighted by Gasteiger charge is 2.39. The van der Waals surface area contributed by atoms with Gasteiger partial charge in [0.1, 0.15) is 23.5 Å². The van der Waals surface area contributed by atoms with Crippen molar-refractivity contribution in [3.63, 3.8) is 0 Å². The van der Waals surface area contributed by atoms with Crippen LogP contribution in [0.2, 0.25) is 5.02 Å². The summed E-state index contributed by atoms with van der Waals surface area (Å²) in [7, 11) is 0. The Hall–Kier alpha value is -2.63. The van der Waals surface area contributed by atoms with Crippen LogP contribution in [0.4, 0.5) is 8.78 Å². The largest absolute Gasteiger partial charge is 0.485 e. The monoisotopic (exact) mass is 413 g/mol. The molecule has 2 aliphatic rings. The fourth-order valence-corrected chi connectivity index (χ4v) is 4.31. The second-order valence-electron chi connectivity index (χ2n) is 7.31. The lowest BCUT2D eigenvalue weighted by atomic mass is 9.89. The third kappa shape index (κ3) is 3.34. The van der Waals surface area contributed by atoms with E-state index in [0.29, 0.717) is 22.8 Å². The van der Waals surface area contributed by atoms with Gasteiger partial charge in [0.15, 0.2) is 11.5 Å². The summed E-state index contributed by atoms with van der Waals surface area (Å²) in [6, 6.07) is 14.9. The van der Waals surface area contributed by atoms with Gasteiger partial charge in [-0.2, -0.15) is 0 Å². The lowest BCUT2D eigenvalue weighted by molar-refractivity contribution is 0.169. The average molecular weight is 414 g/mol. The van der Waals surface area contributed by atoms with Crippen LogP contribution in [0.1, 0.15) is 17.9 Å². The van der Waals surface area contributed by atoms with Crippen molar-refractivity contribution in [1.29, 1.82) is 0 Å². The molecule has 5 rings (SSSR count). The third-order valence-electron chi connectivity index (χ3n) is 5.44. The number of piperidine rings is 1. The molecule has 0 spiro atoms. The summed E-state index contributed by atoms with van der Waals surface area (Å²) in [6.45, 7) is 1.62. The van der Waals surface area contributed by atoms with Crippen molar-refractivity contribution in [2.75, 3.05) is 13.1 Å². The highest BCUT2D eigenvalue weighted by Crippen LogP contribution is 2.49. The van der Waals surface area contributed by atoms with Gasteiger partial charge in [-0.15, -0.1) is 0 Å². The van der Waals surface area contributed by atoms with Crippen molar-refractivity contribution in [3.8, 4) is 28.4 Å². The van der Waals surface area contributed by atoms with E-state index in [4.69, 9.17) is 21.1 Å². The molecule has 0 bridgehead atoms. The van der Waals surface area contributed by atoms with E-state index >= 15 is 0 Å². The van der Waals surface area contributed by atoms with E-state index in [9.17, 15) is 8.78 Å². The van der Waals surface area contributed by atoms with Crippen molar-refractivity contribution in [3.05, 3.63) is 76.8 Å². The Kier molecular flexibility index (Phi) is 4.64. The van der Waals surface area contributed by atoms with Crippen LogP contribution in [0, 0.1) is 11.6 Å². The van der Waals surface area contributed by atoms with Crippen LogP contribution in [0.25, 0.3) is 11.1 Å². The smallest absolute Gasteiger partial charge is 0.170 e. The van der Waals surface area contributed by atoms with Gasteiger partial charge in [0.05, 0.1) is 5.56 Å². The van der Waals surface area contributed by atoms with Crippen molar-refractivity contribution in [2.24, 2.45) is 0 Å². The molecule has 3 aromatic carbocycles. The summed E-state index contributed by atoms with van der Waals surface area (Å²) in [5.74, 6) is 0.407. The van der Waals surface area contributed by atoms with Crippen molar-refractivity contribution in [1.82, 2.24) is 5.32 Å². The van der Waals surface area contributed by atoms with Crippen molar-refractivity contribution < 1.29 is 18.3 Å². The van der Waals surface area contributed by atoms with Gasteiger partial charge < -0.3 is 14.8 Å². The lowest BCUT2D eigenvalue weighted by Gasteiger charge is -2.24. The molecular weight excluding hydrogens is 396 g/mol. The zero-order valence-corrected chi connectivity index (χ0v) is 16.2. The number of hydrogen-bond donors (Lipinski definition) is 1. The molecule has 3 aromatic rings. The maximum atomic E-state index is 14.6. The number of fused-ring (bicyclic) bond motifs is 3. The number of halogens is 3. The first kappa shape index (κ1) is 18.4. The predicted molar refractivity (Wildman–Crippen MR) is 108 cm³/mol. The fraction of sp³-hybridized carbons (Fsp3) is 0.217. The summed E-state index contributed by atoms with van der Waals surface area (Å²) in [4.78, 5) is 0. The minimum atomic E-state index is -0.710. The van der Waals surface area contributed by atoms with Gasteiger partial charge in [0, 0.05) is 23.0 Å². The van der Waals surface area contributed by atoms with E-state index < -0.39 is 11.6 Å². The number of nitrogens with one attached hydrogen (secondary N) is 1. The summed E-state index contributed by atoms with van der Waals surface area (Å²) in [6.07, 6.45) is 0.892. The molecular formula is C23H18ClF2NO2. The van der Waals surface area contributed by atoms with Gasteiger partial charge in [0.25, 0.3) is 0 Å². The Bertz CT molecular complexity index is 1050. The molecule has 0 saturated carbocycles. The normalized spacial score (nSPS) is 20.0. The molecule has 1 N–H and O–H groups in total. The molecule has 29 heavy (non-hydrogen) atoms. The van der Waals surface area contributed by atoms with E-state index in [0.717, 1.165) is 37.2 Å². The number of benzene rings is 3. The minimum absolute atomic E-state index is 0.0190. The number of ether oxygens (including phenoxy) is 2. The van der Waals surface area contributed by atoms with Gasteiger partial charge in [-0.25, -0.2) is 8.78 Å². The van der Waals surface area contributed by atoms with Gasteiger partial charge in [-0.3, -0.25) is 0 Å². The Balaban J connectivity index is 1.67. The van der Waals surface area contributed by atoms with Crippen LogP contribution in [0.5, 0.6) is 17.2 Å². The molecule has 148 valence electrons. The standard InChI is InChI=1S/C23H18ClF2NO2/c24-14-10-18(25)22(19(26)11-14)13-8-16-17-12-27-7-6-20(17)29-23(16)21(9-13)28-15-4-2-1-3-5-15/h1-5,8-11,17,20,27H,6-7,12H2. The van der Waals surface area contributed by atoms with Gasteiger partial charge in [-0.1, -0.05) is 29.8 Å². The van der Waals surface area contributed by atoms with Gasteiger partial charge in [-0.05, 0) is 54.9 Å². The van der Waals surface area contributed by atoms with E-state index in [1.165, 1.54) is 0 Å². The Morgan fingerprint density at radius 3 is 2.55 bits per heavy atom. The van der Waals surface area contributed by atoms with Crippen molar-refractivity contribution in [2.45, 2.75) is 18.4 Å². The molecule has 0 amide bonds. The van der Waals surface area contributed by atoms with Crippen LogP contribution < -0.4 is 14.8 Å².